The molecule has 4 aromatic carbocycles. The Morgan fingerprint density at radius 3 is 0.785 bits per heavy atom. The van der Waals surface area contributed by atoms with Crippen LogP contribution in [0, 0.1) is 0 Å². The number of rotatable bonds is 8. The maximum absolute atomic E-state index is 12.0. The fourth-order valence-corrected chi connectivity index (χ4v) is 9.36. The standard InChI is InChI=1S/C44H28N4O12S4.Ru/c49-61(50,51)29-9-1-25(2-10-29)41-33-17-19-35(45-33)42(26-3-11-30(12-4-26)62(52,53)54)37-21-23-39(47-37)44(28-7-15-32(16-8-28)64(58,59)60)40-24-22-38(48-40)43(36-20-18-34(41)46-36)27-5-13-31(14-6-27)63(55,56)57;/h1-24H,(H,49,50,51)(H,52,53,54)(H,55,56,57)(H,58,59,60);/q-2;+3. The second kappa shape index (κ2) is 16.6. The van der Waals surface area contributed by atoms with Crippen LogP contribution in [0.5, 0.6) is 0 Å². The summed E-state index contributed by atoms with van der Waals surface area (Å²) in [5.74, 6) is 0. The first-order chi connectivity index (χ1) is 30.2. The second-order valence-electron chi connectivity index (χ2n) is 14.4. The van der Waals surface area contributed by atoms with Crippen molar-refractivity contribution >= 4 is 86.8 Å². The monoisotopic (exact) mass is 1030 g/mol. The van der Waals surface area contributed by atoms with Gasteiger partial charge in [0.15, 0.2) is 0 Å². The van der Waals surface area contributed by atoms with Crippen LogP contribution < -0.4 is 9.97 Å². The van der Waals surface area contributed by atoms with Gasteiger partial charge in [-0.2, -0.15) is 33.7 Å². The van der Waals surface area contributed by atoms with Crippen molar-refractivity contribution in [1.82, 2.24) is 19.9 Å². The van der Waals surface area contributed by atoms with Crippen molar-refractivity contribution in [1.29, 1.82) is 0 Å². The van der Waals surface area contributed by atoms with E-state index in [9.17, 15) is 51.9 Å². The second-order valence-corrected chi connectivity index (χ2v) is 20.0. The molecule has 8 bridgehead atoms. The Morgan fingerprint density at radius 2 is 0.523 bits per heavy atom. The smallest absolute Gasteiger partial charge is 0.657 e. The molecule has 0 amide bonds. The normalized spacial score (nSPS) is 12.9. The molecular formula is C44H28N4O12RuS4+. The van der Waals surface area contributed by atoms with E-state index in [-0.39, 0.29) is 39.1 Å². The molecule has 327 valence electrons. The third-order valence-electron chi connectivity index (χ3n) is 10.4. The van der Waals surface area contributed by atoms with E-state index in [0.717, 1.165) is 0 Å². The van der Waals surface area contributed by atoms with Crippen molar-refractivity contribution < 1.29 is 71.4 Å². The van der Waals surface area contributed by atoms with Gasteiger partial charge in [-0.1, -0.05) is 72.8 Å². The fourth-order valence-electron chi connectivity index (χ4n) is 7.44. The molecule has 0 fully saturated rings. The van der Waals surface area contributed by atoms with Crippen molar-refractivity contribution in [3.8, 4) is 44.5 Å². The molecular weight excluding hydrogens is 1010 g/mol. The molecule has 0 saturated heterocycles. The molecule has 2 aliphatic heterocycles. The predicted molar refractivity (Wildman–Crippen MR) is 238 cm³/mol. The Balaban J connectivity index is 0.00000576. The topological polar surface area (TPSA) is 271 Å². The average Bonchev–Trinajstić information content (AvgIpc) is 4.08. The fraction of sp³-hybridized carbons (Fsp3) is 0. The van der Waals surface area contributed by atoms with Gasteiger partial charge in [0.25, 0.3) is 40.5 Å². The van der Waals surface area contributed by atoms with Crippen molar-refractivity contribution in [3.63, 3.8) is 0 Å². The van der Waals surface area contributed by atoms with Crippen LogP contribution in [0.2, 0.25) is 0 Å². The van der Waals surface area contributed by atoms with Crippen LogP contribution >= 0.6 is 0 Å². The van der Waals surface area contributed by atoms with E-state index in [1.54, 1.807) is 48.6 Å². The Morgan fingerprint density at radius 1 is 0.308 bits per heavy atom. The molecule has 3 aromatic heterocycles. The maximum atomic E-state index is 12.0. The van der Waals surface area contributed by atoms with E-state index < -0.39 is 40.5 Å². The van der Waals surface area contributed by atoms with Gasteiger partial charge in [0, 0.05) is 5.56 Å². The third-order valence-corrected chi connectivity index (χ3v) is 13.8. The number of hydrogen-bond donors (Lipinski definition) is 4. The summed E-state index contributed by atoms with van der Waals surface area (Å²) < 4.78 is 135. The van der Waals surface area contributed by atoms with E-state index in [1.165, 1.54) is 97.1 Å². The van der Waals surface area contributed by atoms with Gasteiger partial charge in [-0.05, 0) is 112 Å². The molecule has 21 heteroatoms. The van der Waals surface area contributed by atoms with E-state index in [2.05, 4.69) is 0 Å². The van der Waals surface area contributed by atoms with Crippen LogP contribution in [0.3, 0.4) is 0 Å². The SMILES string of the molecule is O=S(=O)(O)c1ccc(-c2c3nc(c(-c4ccc(S(=O)(=O)O)cc4)c4ccc([n-]4)c(-c4ccc(S(=O)(=O)O)cc4)c4ccc([n-]4)c(-c4ccc(S(=O)(=O)O)cc4)c4nc2C=C4)C=C3)cc1.[Ru+3]. The van der Waals surface area contributed by atoms with Crippen molar-refractivity contribution in [2.45, 2.75) is 19.6 Å². The maximum Gasteiger partial charge on any atom is 3.00 e. The summed E-state index contributed by atoms with van der Waals surface area (Å²) in [6.07, 6.45) is 6.79. The van der Waals surface area contributed by atoms with Gasteiger partial charge in [0.1, 0.15) is 0 Å². The minimum Gasteiger partial charge on any atom is -0.657 e. The molecule has 2 aliphatic rings. The largest absolute Gasteiger partial charge is 3.00 e. The zero-order valence-electron chi connectivity index (χ0n) is 32.7. The third kappa shape index (κ3) is 8.93. The summed E-state index contributed by atoms with van der Waals surface area (Å²) >= 11 is 0. The van der Waals surface area contributed by atoms with Crippen molar-refractivity contribution in [2.24, 2.45) is 0 Å². The van der Waals surface area contributed by atoms with Crippen LogP contribution in [-0.4, -0.2) is 61.9 Å². The molecule has 0 spiro atoms. The molecule has 4 N–H and O–H groups in total. The molecule has 0 saturated carbocycles. The van der Waals surface area contributed by atoms with Crippen molar-refractivity contribution in [2.75, 3.05) is 0 Å². The molecule has 9 rings (SSSR count). The number of aromatic nitrogens is 4. The van der Waals surface area contributed by atoms with Crippen LogP contribution in [0.4, 0.5) is 0 Å². The minimum absolute atomic E-state index is 0. The Kier molecular flexibility index (Phi) is 11.6. The van der Waals surface area contributed by atoms with Gasteiger partial charge in [-0.3, -0.25) is 18.2 Å². The van der Waals surface area contributed by atoms with Gasteiger partial charge in [0.05, 0.1) is 42.4 Å². The van der Waals surface area contributed by atoms with Gasteiger partial charge in [-0.15, -0.1) is 22.1 Å². The quantitative estimate of drug-likeness (QED) is 0.0844. The first-order valence-corrected chi connectivity index (χ1v) is 24.4. The summed E-state index contributed by atoms with van der Waals surface area (Å²) in [4.78, 5) is 18.7. The summed E-state index contributed by atoms with van der Waals surface area (Å²) in [6.45, 7) is 0. The summed E-state index contributed by atoms with van der Waals surface area (Å²) in [7, 11) is -18.2. The number of hydrogen-bond acceptors (Lipinski definition) is 10. The number of benzene rings is 4. The molecule has 0 unspecified atom stereocenters. The summed E-state index contributed by atoms with van der Waals surface area (Å²) in [5.41, 5.74) is 6.28. The van der Waals surface area contributed by atoms with E-state index in [1.807, 2.05) is 0 Å². The Hall–Kier alpha value is -6.26. The van der Waals surface area contributed by atoms with Gasteiger partial charge in [-0.25, -0.2) is 9.97 Å². The average molecular weight is 1030 g/mol. The van der Waals surface area contributed by atoms with Gasteiger partial charge in [0.2, 0.25) is 0 Å². The van der Waals surface area contributed by atoms with E-state index in [4.69, 9.17) is 19.9 Å². The zero-order valence-corrected chi connectivity index (χ0v) is 37.7. The van der Waals surface area contributed by atoms with Crippen LogP contribution in [0.15, 0.2) is 141 Å². The van der Waals surface area contributed by atoms with Crippen LogP contribution in [0.25, 0.3) is 90.9 Å². The molecule has 0 atom stereocenters. The Labute approximate surface area is 383 Å². The van der Waals surface area contributed by atoms with E-state index in [0.29, 0.717) is 89.4 Å². The molecule has 1 radical (unpaired) electrons. The van der Waals surface area contributed by atoms with Gasteiger partial charge < -0.3 is 9.97 Å². The Bertz CT molecular complexity index is 3620. The van der Waals surface area contributed by atoms with E-state index >= 15 is 0 Å². The van der Waals surface area contributed by atoms with Crippen LogP contribution in [-0.2, 0) is 60.0 Å². The molecule has 5 heterocycles. The van der Waals surface area contributed by atoms with Crippen LogP contribution in [0.1, 0.15) is 22.8 Å². The molecule has 0 aliphatic carbocycles. The molecule has 7 aromatic rings. The first-order valence-electron chi connectivity index (χ1n) is 18.6. The van der Waals surface area contributed by atoms with Crippen molar-refractivity contribution in [3.05, 3.63) is 144 Å². The number of fused-ring (bicyclic) bond motifs is 8. The first kappa shape index (κ1) is 45.3. The minimum atomic E-state index is -4.56. The predicted octanol–water partition coefficient (Wildman–Crippen LogP) is 7.57. The van der Waals surface area contributed by atoms with Gasteiger partial charge >= 0.3 is 19.5 Å². The molecule has 16 nitrogen and oxygen atoms in total. The summed E-state index contributed by atoms with van der Waals surface area (Å²) in [5, 5.41) is 0. The summed E-state index contributed by atoms with van der Waals surface area (Å²) in [6, 6.07) is 28.4. The number of nitrogens with zero attached hydrogens (tertiary/aromatic N) is 4. The molecule has 65 heavy (non-hydrogen) atoms. The zero-order chi connectivity index (χ0) is 45.3.